The molecule has 96 valence electrons. The monoisotopic (exact) mass is 262 g/mol. The molecule has 0 spiro atoms. The summed E-state index contributed by atoms with van der Waals surface area (Å²) in [5.74, 6) is -0.162. The molecule has 0 unspecified atom stereocenters. The van der Waals surface area contributed by atoms with Gasteiger partial charge in [0.1, 0.15) is 5.82 Å². The maximum absolute atomic E-state index is 12.8. The molecule has 2 heteroatoms. The smallest absolute Gasteiger partial charge is 0.123 e. The van der Waals surface area contributed by atoms with Crippen molar-refractivity contribution < 1.29 is 4.39 Å². The van der Waals surface area contributed by atoms with Crippen molar-refractivity contribution in [1.82, 2.24) is 0 Å². The minimum Gasteiger partial charge on any atom is -0.207 e. The van der Waals surface area contributed by atoms with Gasteiger partial charge >= 0.3 is 0 Å². The van der Waals surface area contributed by atoms with Gasteiger partial charge in [0.05, 0.1) is 0 Å². The van der Waals surface area contributed by atoms with Gasteiger partial charge in [-0.2, -0.15) is 0 Å². The van der Waals surface area contributed by atoms with Crippen LogP contribution in [0.1, 0.15) is 36.1 Å². The van der Waals surface area contributed by atoms with Crippen LogP contribution in [0, 0.1) is 5.82 Å². The predicted octanol–water partition coefficient (Wildman–Crippen LogP) is 4.97. The first-order chi connectivity index (χ1) is 8.45. The van der Waals surface area contributed by atoms with Gasteiger partial charge in [-0.3, -0.25) is 0 Å². The third-order valence-electron chi connectivity index (χ3n) is 2.97. The van der Waals surface area contributed by atoms with Crippen molar-refractivity contribution >= 4 is 11.3 Å². The standard InChI is InChI=1S/C16H19FS/c1-16(2,3)15-11-10-14(18-15)9-6-12-4-7-13(17)8-5-12/h4-5,7-8,10-11H,6,9H2,1-3H3. The van der Waals surface area contributed by atoms with E-state index in [2.05, 4.69) is 32.9 Å². The van der Waals surface area contributed by atoms with Gasteiger partial charge < -0.3 is 0 Å². The molecule has 0 amide bonds. The lowest BCUT2D eigenvalue weighted by Crippen LogP contribution is -2.07. The normalized spacial score (nSPS) is 11.8. The van der Waals surface area contributed by atoms with E-state index in [1.165, 1.54) is 27.5 Å². The summed E-state index contributed by atoms with van der Waals surface area (Å²) in [5, 5.41) is 0. The van der Waals surface area contributed by atoms with E-state index >= 15 is 0 Å². The summed E-state index contributed by atoms with van der Waals surface area (Å²) >= 11 is 1.89. The van der Waals surface area contributed by atoms with E-state index in [9.17, 15) is 4.39 Å². The average molecular weight is 262 g/mol. The summed E-state index contributed by atoms with van der Waals surface area (Å²) in [6.07, 6.45) is 2.01. The maximum Gasteiger partial charge on any atom is 0.123 e. The van der Waals surface area contributed by atoms with Crippen LogP contribution in [0.5, 0.6) is 0 Å². The number of halogens is 1. The van der Waals surface area contributed by atoms with E-state index in [1.54, 1.807) is 0 Å². The molecule has 1 aromatic carbocycles. The van der Waals surface area contributed by atoms with Crippen molar-refractivity contribution in [1.29, 1.82) is 0 Å². The van der Waals surface area contributed by atoms with Gasteiger partial charge in [-0.1, -0.05) is 32.9 Å². The molecule has 0 saturated heterocycles. The molecule has 0 aliphatic heterocycles. The molecule has 0 aliphatic rings. The van der Waals surface area contributed by atoms with Crippen LogP contribution in [-0.2, 0) is 18.3 Å². The first-order valence-corrected chi connectivity index (χ1v) is 7.10. The SMILES string of the molecule is CC(C)(C)c1ccc(CCc2ccc(F)cc2)s1. The lowest BCUT2D eigenvalue weighted by molar-refractivity contribution is 0.604. The second-order valence-electron chi connectivity index (χ2n) is 5.64. The van der Waals surface area contributed by atoms with Crippen LogP contribution < -0.4 is 0 Å². The molecule has 2 aromatic rings. The highest BCUT2D eigenvalue weighted by Crippen LogP contribution is 2.30. The van der Waals surface area contributed by atoms with Crippen LogP contribution in [0.2, 0.25) is 0 Å². The van der Waals surface area contributed by atoms with Crippen molar-refractivity contribution in [2.75, 3.05) is 0 Å². The molecular weight excluding hydrogens is 243 g/mol. The third kappa shape index (κ3) is 3.42. The number of thiophene rings is 1. The Labute approximate surface area is 112 Å². The van der Waals surface area contributed by atoms with Crippen molar-refractivity contribution in [3.63, 3.8) is 0 Å². The second-order valence-corrected chi connectivity index (χ2v) is 6.81. The molecule has 0 nitrogen and oxygen atoms in total. The van der Waals surface area contributed by atoms with Gasteiger partial charge in [0, 0.05) is 9.75 Å². The fourth-order valence-electron chi connectivity index (χ4n) is 1.83. The van der Waals surface area contributed by atoms with Crippen LogP contribution in [0.15, 0.2) is 36.4 Å². The number of hydrogen-bond donors (Lipinski definition) is 0. The number of hydrogen-bond acceptors (Lipinski definition) is 1. The van der Waals surface area contributed by atoms with Crippen LogP contribution in [0.4, 0.5) is 4.39 Å². The van der Waals surface area contributed by atoms with Crippen molar-refractivity contribution in [3.8, 4) is 0 Å². The van der Waals surface area contributed by atoms with Crippen molar-refractivity contribution in [3.05, 3.63) is 57.5 Å². The largest absolute Gasteiger partial charge is 0.207 e. The molecule has 0 radical (unpaired) electrons. The van der Waals surface area contributed by atoms with Crippen molar-refractivity contribution in [2.45, 2.75) is 39.0 Å². The summed E-state index contributed by atoms with van der Waals surface area (Å²) in [6.45, 7) is 6.72. The minimum atomic E-state index is -0.162. The molecule has 0 N–H and O–H groups in total. The first kappa shape index (κ1) is 13.3. The summed E-state index contributed by atoms with van der Waals surface area (Å²) < 4.78 is 12.8. The Morgan fingerprint density at radius 1 is 0.944 bits per heavy atom. The number of benzene rings is 1. The molecule has 0 saturated carbocycles. The molecule has 0 aliphatic carbocycles. The van der Waals surface area contributed by atoms with Gasteiger partial charge in [0.2, 0.25) is 0 Å². The van der Waals surface area contributed by atoms with E-state index in [4.69, 9.17) is 0 Å². The average Bonchev–Trinajstić information content (AvgIpc) is 2.77. The van der Waals surface area contributed by atoms with Crippen LogP contribution in [0.25, 0.3) is 0 Å². The fourth-order valence-corrected chi connectivity index (χ4v) is 2.90. The highest BCUT2D eigenvalue weighted by atomic mass is 32.1. The Kier molecular flexibility index (Phi) is 3.86. The zero-order valence-electron chi connectivity index (χ0n) is 11.2. The lowest BCUT2D eigenvalue weighted by Gasteiger charge is -2.15. The number of rotatable bonds is 3. The van der Waals surface area contributed by atoms with Gasteiger partial charge in [-0.05, 0) is 48.1 Å². The van der Waals surface area contributed by atoms with Crippen LogP contribution in [-0.4, -0.2) is 0 Å². The van der Waals surface area contributed by atoms with E-state index in [1.807, 2.05) is 23.5 Å². The zero-order valence-corrected chi connectivity index (χ0v) is 12.0. The molecule has 0 bridgehead atoms. The molecule has 1 heterocycles. The maximum atomic E-state index is 12.8. The molecule has 1 aromatic heterocycles. The number of aryl methyl sites for hydroxylation is 2. The lowest BCUT2D eigenvalue weighted by atomic mass is 9.95. The van der Waals surface area contributed by atoms with Gasteiger partial charge in [-0.15, -0.1) is 11.3 Å². The molecular formula is C16H19FS. The molecule has 18 heavy (non-hydrogen) atoms. The van der Waals surface area contributed by atoms with E-state index in [-0.39, 0.29) is 11.2 Å². The predicted molar refractivity (Wildman–Crippen MR) is 76.8 cm³/mol. The summed E-state index contributed by atoms with van der Waals surface area (Å²) in [6, 6.07) is 11.2. The summed E-state index contributed by atoms with van der Waals surface area (Å²) in [4.78, 5) is 2.83. The topological polar surface area (TPSA) is 0 Å². The molecule has 2 rings (SSSR count). The molecule has 0 fully saturated rings. The Morgan fingerprint density at radius 2 is 1.61 bits per heavy atom. The van der Waals surface area contributed by atoms with Crippen LogP contribution >= 0.6 is 11.3 Å². The first-order valence-electron chi connectivity index (χ1n) is 6.29. The quantitative estimate of drug-likeness (QED) is 0.732. The highest BCUT2D eigenvalue weighted by Gasteiger charge is 2.15. The highest BCUT2D eigenvalue weighted by molar-refractivity contribution is 7.12. The minimum absolute atomic E-state index is 0.162. The fraction of sp³-hybridized carbons (Fsp3) is 0.375. The zero-order chi connectivity index (χ0) is 13.2. The Balaban J connectivity index is 1.98. The van der Waals surface area contributed by atoms with Crippen molar-refractivity contribution in [2.24, 2.45) is 0 Å². The van der Waals surface area contributed by atoms with Gasteiger partial charge in [0.25, 0.3) is 0 Å². The van der Waals surface area contributed by atoms with Gasteiger partial charge in [0.15, 0.2) is 0 Å². The van der Waals surface area contributed by atoms with Crippen LogP contribution in [0.3, 0.4) is 0 Å². The Hall–Kier alpha value is -1.15. The second kappa shape index (κ2) is 5.23. The summed E-state index contributed by atoms with van der Waals surface area (Å²) in [7, 11) is 0. The third-order valence-corrected chi connectivity index (χ3v) is 4.54. The van der Waals surface area contributed by atoms with E-state index in [0.29, 0.717) is 0 Å². The Morgan fingerprint density at radius 3 is 2.17 bits per heavy atom. The molecule has 0 atom stereocenters. The van der Waals surface area contributed by atoms with Gasteiger partial charge in [-0.25, -0.2) is 4.39 Å². The van der Waals surface area contributed by atoms with E-state index < -0.39 is 0 Å². The summed E-state index contributed by atoms with van der Waals surface area (Å²) in [5.41, 5.74) is 1.43. The Bertz CT molecular complexity index is 503. The van der Waals surface area contributed by atoms with E-state index in [0.717, 1.165) is 12.8 Å².